The summed E-state index contributed by atoms with van der Waals surface area (Å²) in [5.41, 5.74) is 1.67. The number of likely N-dealkylation sites (tertiary alicyclic amines) is 1. The maximum absolute atomic E-state index is 12.6. The van der Waals surface area contributed by atoms with Gasteiger partial charge in [-0.25, -0.2) is 4.79 Å². The quantitative estimate of drug-likeness (QED) is 0.858. The third-order valence-electron chi connectivity index (χ3n) is 5.01. The molecule has 25 heavy (non-hydrogen) atoms. The number of nitrogens with zero attached hydrogens (tertiary/aromatic N) is 1. The normalized spacial score (nSPS) is 20.9. The van der Waals surface area contributed by atoms with E-state index < -0.39 is 11.7 Å². The number of piperidine rings is 1. The van der Waals surface area contributed by atoms with E-state index >= 15 is 0 Å². The van der Waals surface area contributed by atoms with Crippen molar-refractivity contribution in [3.63, 3.8) is 0 Å². The van der Waals surface area contributed by atoms with E-state index in [4.69, 9.17) is 4.74 Å². The van der Waals surface area contributed by atoms with E-state index in [0.29, 0.717) is 6.54 Å². The Morgan fingerprint density at radius 3 is 2.48 bits per heavy atom. The van der Waals surface area contributed by atoms with Crippen molar-refractivity contribution >= 4 is 6.09 Å². The zero-order chi connectivity index (χ0) is 18.6. The second-order valence-electron chi connectivity index (χ2n) is 8.14. The van der Waals surface area contributed by atoms with Gasteiger partial charge in [-0.15, -0.1) is 0 Å². The van der Waals surface area contributed by atoms with E-state index in [0.717, 1.165) is 31.2 Å². The molecule has 1 fully saturated rings. The van der Waals surface area contributed by atoms with Crippen molar-refractivity contribution in [1.82, 2.24) is 4.90 Å². The Bertz CT molecular complexity index is 561. The van der Waals surface area contributed by atoms with Crippen molar-refractivity contribution in [3.05, 3.63) is 35.4 Å². The molecule has 1 aliphatic rings. The fourth-order valence-corrected chi connectivity index (χ4v) is 3.52. The van der Waals surface area contributed by atoms with Crippen LogP contribution in [0.25, 0.3) is 0 Å². The highest BCUT2D eigenvalue weighted by Crippen LogP contribution is 2.33. The molecule has 1 N–H and O–H groups in total. The van der Waals surface area contributed by atoms with Gasteiger partial charge < -0.3 is 14.7 Å². The monoisotopic (exact) mass is 347 g/mol. The number of carbonyl (C=O) groups is 1. The lowest BCUT2D eigenvalue weighted by atomic mass is 9.85. The van der Waals surface area contributed by atoms with Crippen molar-refractivity contribution < 1.29 is 14.6 Å². The predicted molar refractivity (Wildman–Crippen MR) is 101 cm³/mol. The number of rotatable bonds is 4. The Kier molecular flexibility index (Phi) is 6.50. The highest BCUT2D eigenvalue weighted by atomic mass is 16.6. The topological polar surface area (TPSA) is 49.8 Å². The molecule has 1 saturated heterocycles. The zero-order valence-electron chi connectivity index (χ0n) is 16.3. The molecule has 1 aromatic rings. The molecule has 140 valence electrons. The average molecular weight is 347 g/mol. The SMILES string of the molecule is CCc1ccc(C(O)C(C)C2CCCCN2C(=O)OC(C)(C)C)cc1. The summed E-state index contributed by atoms with van der Waals surface area (Å²) in [6, 6.07) is 8.14. The minimum atomic E-state index is -0.584. The second-order valence-corrected chi connectivity index (χ2v) is 8.14. The Morgan fingerprint density at radius 2 is 1.92 bits per heavy atom. The summed E-state index contributed by atoms with van der Waals surface area (Å²) in [5, 5.41) is 10.9. The molecule has 1 aliphatic heterocycles. The molecule has 0 aliphatic carbocycles. The Labute approximate surface area is 152 Å². The Hall–Kier alpha value is -1.55. The maximum Gasteiger partial charge on any atom is 0.410 e. The highest BCUT2D eigenvalue weighted by Gasteiger charge is 2.36. The smallest absolute Gasteiger partial charge is 0.410 e. The first-order valence-corrected chi connectivity index (χ1v) is 9.49. The van der Waals surface area contributed by atoms with Gasteiger partial charge in [-0.2, -0.15) is 0 Å². The van der Waals surface area contributed by atoms with Crippen LogP contribution in [-0.4, -0.2) is 34.3 Å². The van der Waals surface area contributed by atoms with Crippen LogP contribution in [0, 0.1) is 5.92 Å². The van der Waals surface area contributed by atoms with E-state index in [9.17, 15) is 9.90 Å². The number of benzene rings is 1. The fraction of sp³-hybridized carbons (Fsp3) is 0.667. The van der Waals surface area contributed by atoms with Crippen LogP contribution < -0.4 is 0 Å². The number of aliphatic hydroxyl groups excluding tert-OH is 1. The van der Waals surface area contributed by atoms with Gasteiger partial charge in [0.05, 0.1) is 6.10 Å². The van der Waals surface area contributed by atoms with Crippen molar-refractivity contribution in [2.45, 2.75) is 78.0 Å². The van der Waals surface area contributed by atoms with Gasteiger partial charge in [0.1, 0.15) is 5.60 Å². The summed E-state index contributed by atoms with van der Waals surface area (Å²) in [4.78, 5) is 14.4. The summed E-state index contributed by atoms with van der Waals surface area (Å²) in [7, 11) is 0. The predicted octanol–water partition coefficient (Wildman–Crippen LogP) is 4.71. The Balaban J connectivity index is 2.12. The van der Waals surface area contributed by atoms with E-state index in [1.165, 1.54) is 5.56 Å². The first-order valence-electron chi connectivity index (χ1n) is 9.49. The van der Waals surface area contributed by atoms with E-state index in [1.54, 1.807) is 0 Å². The summed E-state index contributed by atoms with van der Waals surface area (Å²) >= 11 is 0. The Morgan fingerprint density at radius 1 is 1.28 bits per heavy atom. The van der Waals surface area contributed by atoms with Gasteiger partial charge in [-0.3, -0.25) is 0 Å². The molecule has 0 spiro atoms. The van der Waals surface area contributed by atoms with E-state index in [-0.39, 0.29) is 18.1 Å². The first-order chi connectivity index (χ1) is 11.7. The highest BCUT2D eigenvalue weighted by molar-refractivity contribution is 5.68. The van der Waals surface area contributed by atoms with Gasteiger partial charge in [-0.1, -0.05) is 38.1 Å². The van der Waals surface area contributed by atoms with E-state index in [1.807, 2.05) is 44.7 Å². The summed E-state index contributed by atoms with van der Waals surface area (Å²) in [5.74, 6) is -0.0414. The molecule has 0 radical (unpaired) electrons. The second kappa shape index (κ2) is 8.22. The van der Waals surface area contributed by atoms with Crippen LogP contribution in [0.15, 0.2) is 24.3 Å². The van der Waals surface area contributed by atoms with Crippen molar-refractivity contribution in [3.8, 4) is 0 Å². The van der Waals surface area contributed by atoms with E-state index in [2.05, 4.69) is 19.1 Å². The summed E-state index contributed by atoms with van der Waals surface area (Å²) in [6.45, 7) is 10.5. The number of amides is 1. The molecule has 2 rings (SSSR count). The first kappa shape index (κ1) is 19.8. The molecule has 0 aromatic heterocycles. The lowest BCUT2D eigenvalue weighted by Gasteiger charge is -2.41. The van der Waals surface area contributed by atoms with Gasteiger partial charge in [0, 0.05) is 18.5 Å². The van der Waals surface area contributed by atoms with Crippen LogP contribution in [0.2, 0.25) is 0 Å². The lowest BCUT2D eigenvalue weighted by Crippen LogP contribution is -2.49. The van der Waals surface area contributed by atoms with Gasteiger partial charge in [0.15, 0.2) is 0 Å². The largest absolute Gasteiger partial charge is 0.444 e. The number of hydrogen-bond acceptors (Lipinski definition) is 3. The van der Waals surface area contributed by atoms with Crippen LogP contribution in [-0.2, 0) is 11.2 Å². The van der Waals surface area contributed by atoms with Gasteiger partial charge in [-0.05, 0) is 57.6 Å². The fourth-order valence-electron chi connectivity index (χ4n) is 3.52. The average Bonchev–Trinajstić information content (AvgIpc) is 2.59. The lowest BCUT2D eigenvalue weighted by molar-refractivity contribution is -0.0135. The van der Waals surface area contributed by atoms with Crippen LogP contribution in [0.3, 0.4) is 0 Å². The molecule has 4 nitrogen and oxygen atoms in total. The third kappa shape index (κ3) is 5.21. The maximum atomic E-state index is 12.6. The van der Waals surface area contributed by atoms with Gasteiger partial charge in [0.25, 0.3) is 0 Å². The minimum absolute atomic E-state index is 0.00412. The minimum Gasteiger partial charge on any atom is -0.444 e. The van der Waals surface area contributed by atoms with Gasteiger partial charge >= 0.3 is 6.09 Å². The van der Waals surface area contributed by atoms with Crippen molar-refractivity contribution in [2.75, 3.05) is 6.54 Å². The molecular formula is C21H33NO3. The van der Waals surface area contributed by atoms with Crippen LogP contribution >= 0.6 is 0 Å². The molecule has 1 aromatic carbocycles. The summed E-state index contributed by atoms with van der Waals surface area (Å²) in [6.07, 6.45) is 3.11. The van der Waals surface area contributed by atoms with Crippen LogP contribution in [0.1, 0.15) is 71.1 Å². The van der Waals surface area contributed by atoms with Crippen molar-refractivity contribution in [1.29, 1.82) is 0 Å². The standard InChI is InChI=1S/C21H33NO3/c1-6-16-10-12-17(13-11-16)19(23)15(2)18-9-7-8-14-22(18)20(24)25-21(3,4)5/h10-13,15,18-19,23H,6-9,14H2,1-5H3. The number of aliphatic hydroxyl groups is 1. The number of aryl methyl sites for hydroxylation is 1. The summed E-state index contributed by atoms with van der Waals surface area (Å²) < 4.78 is 5.58. The van der Waals surface area contributed by atoms with Gasteiger partial charge in [0.2, 0.25) is 0 Å². The molecule has 3 unspecified atom stereocenters. The molecule has 0 saturated carbocycles. The number of hydrogen-bond donors (Lipinski definition) is 1. The number of carbonyl (C=O) groups excluding carboxylic acids is 1. The molecule has 1 amide bonds. The molecule has 4 heteroatoms. The molecule has 0 bridgehead atoms. The molecule has 1 heterocycles. The van der Waals surface area contributed by atoms with Crippen molar-refractivity contribution in [2.24, 2.45) is 5.92 Å². The van der Waals surface area contributed by atoms with Crippen LogP contribution in [0.5, 0.6) is 0 Å². The third-order valence-corrected chi connectivity index (χ3v) is 5.01. The molecule has 3 atom stereocenters. The zero-order valence-corrected chi connectivity index (χ0v) is 16.3. The van der Waals surface area contributed by atoms with Crippen LogP contribution in [0.4, 0.5) is 4.79 Å². The molecular weight excluding hydrogens is 314 g/mol. The number of ether oxygens (including phenoxy) is 1.